The zero-order valence-corrected chi connectivity index (χ0v) is 26.7. The van der Waals surface area contributed by atoms with Gasteiger partial charge in [-0.1, -0.05) is 65.8 Å². The summed E-state index contributed by atoms with van der Waals surface area (Å²) >= 11 is 0. The summed E-state index contributed by atoms with van der Waals surface area (Å²) in [5, 5.41) is 16.8. The molecule has 6 amide bonds. The van der Waals surface area contributed by atoms with Gasteiger partial charge in [0.2, 0.25) is 23.6 Å². The number of carbonyl (C=O) groups excluding carboxylic acids is 5. The van der Waals surface area contributed by atoms with E-state index in [1.54, 1.807) is 32.1 Å². The SMILES string of the molecule is CC(C)[C@H]1/C=C/C(=O)NCC/C=C/[C@H](NC(=O)[C@H](NC(=O)N[C@@H](C(=O)Nc2ccc3c(c2)CCC3)C(C)C)C(C)C)C(=O)N1. The van der Waals surface area contributed by atoms with Gasteiger partial charge in [0.1, 0.15) is 18.1 Å². The lowest BCUT2D eigenvalue weighted by Gasteiger charge is -2.27. The van der Waals surface area contributed by atoms with Crippen LogP contribution in [0.15, 0.2) is 42.5 Å². The lowest BCUT2D eigenvalue weighted by Crippen LogP contribution is -2.59. The van der Waals surface area contributed by atoms with E-state index in [2.05, 4.69) is 31.9 Å². The molecule has 0 saturated heterocycles. The number of urea groups is 1. The van der Waals surface area contributed by atoms with Crippen LogP contribution in [-0.2, 0) is 32.0 Å². The Kier molecular flexibility index (Phi) is 12.5. The second-order valence-corrected chi connectivity index (χ2v) is 12.5. The molecule has 0 bridgehead atoms. The van der Waals surface area contributed by atoms with Gasteiger partial charge in [-0.25, -0.2) is 4.79 Å². The van der Waals surface area contributed by atoms with Crippen LogP contribution in [-0.4, -0.2) is 60.4 Å². The topological polar surface area (TPSA) is 158 Å². The summed E-state index contributed by atoms with van der Waals surface area (Å²) in [6.07, 6.45) is 9.93. The summed E-state index contributed by atoms with van der Waals surface area (Å²) in [5.41, 5.74) is 3.21. The largest absolute Gasteiger partial charge is 0.352 e. The van der Waals surface area contributed by atoms with E-state index in [1.807, 2.05) is 45.9 Å². The maximum atomic E-state index is 13.4. The summed E-state index contributed by atoms with van der Waals surface area (Å²) in [7, 11) is 0. The number of rotatable bonds is 9. The van der Waals surface area contributed by atoms with E-state index < -0.39 is 42.0 Å². The molecule has 1 aliphatic heterocycles. The van der Waals surface area contributed by atoms with Crippen LogP contribution in [0.1, 0.15) is 65.5 Å². The van der Waals surface area contributed by atoms with E-state index in [-0.39, 0.29) is 29.6 Å². The highest BCUT2D eigenvalue weighted by atomic mass is 16.2. The molecule has 1 aromatic carbocycles. The van der Waals surface area contributed by atoms with Crippen molar-refractivity contribution in [2.75, 3.05) is 11.9 Å². The first-order valence-electron chi connectivity index (χ1n) is 15.6. The minimum absolute atomic E-state index is 0.00570. The molecule has 6 N–H and O–H groups in total. The molecule has 44 heavy (non-hydrogen) atoms. The highest BCUT2D eigenvalue weighted by Gasteiger charge is 2.31. The summed E-state index contributed by atoms with van der Waals surface area (Å²) in [5.74, 6) is -2.12. The van der Waals surface area contributed by atoms with Crippen LogP contribution in [0.5, 0.6) is 0 Å². The van der Waals surface area contributed by atoms with Gasteiger partial charge in [0, 0.05) is 24.4 Å². The molecule has 1 heterocycles. The van der Waals surface area contributed by atoms with E-state index >= 15 is 0 Å². The van der Waals surface area contributed by atoms with Crippen molar-refractivity contribution in [2.24, 2.45) is 17.8 Å². The molecule has 1 aromatic rings. The molecular weight excluding hydrogens is 560 g/mol. The van der Waals surface area contributed by atoms with Gasteiger partial charge in [-0.2, -0.15) is 0 Å². The third-order valence-electron chi connectivity index (χ3n) is 7.84. The minimum atomic E-state index is -1.00. The Morgan fingerprint density at radius 3 is 2.18 bits per heavy atom. The molecule has 0 radical (unpaired) electrons. The van der Waals surface area contributed by atoms with Crippen molar-refractivity contribution in [2.45, 2.75) is 91.4 Å². The molecular formula is C33H48N6O5. The monoisotopic (exact) mass is 608 g/mol. The lowest BCUT2D eigenvalue weighted by molar-refractivity contribution is -0.129. The Morgan fingerprint density at radius 1 is 0.864 bits per heavy atom. The Hall–Kier alpha value is -4.15. The fourth-order valence-corrected chi connectivity index (χ4v) is 5.16. The number of carbonyl (C=O) groups is 5. The van der Waals surface area contributed by atoms with Gasteiger partial charge in [0.15, 0.2) is 0 Å². The fraction of sp³-hybridized carbons (Fsp3) is 0.545. The highest BCUT2D eigenvalue weighted by molar-refractivity contribution is 5.98. The summed E-state index contributed by atoms with van der Waals surface area (Å²) in [4.78, 5) is 65.0. The Balaban J connectivity index is 1.67. The number of hydrogen-bond acceptors (Lipinski definition) is 5. The van der Waals surface area contributed by atoms with Gasteiger partial charge in [-0.15, -0.1) is 0 Å². The van der Waals surface area contributed by atoms with Crippen molar-refractivity contribution in [3.05, 3.63) is 53.6 Å². The molecule has 0 spiro atoms. The van der Waals surface area contributed by atoms with Crippen molar-refractivity contribution in [1.29, 1.82) is 0 Å². The summed E-state index contributed by atoms with van der Waals surface area (Å²) < 4.78 is 0. The summed E-state index contributed by atoms with van der Waals surface area (Å²) in [6, 6.07) is 1.97. The van der Waals surface area contributed by atoms with Crippen molar-refractivity contribution in [1.82, 2.24) is 26.6 Å². The first-order valence-corrected chi connectivity index (χ1v) is 15.6. The zero-order valence-electron chi connectivity index (χ0n) is 26.7. The molecule has 0 saturated carbocycles. The van der Waals surface area contributed by atoms with E-state index in [1.165, 1.54) is 17.2 Å². The average Bonchev–Trinajstić information content (AvgIpc) is 3.42. The molecule has 4 atom stereocenters. The first-order chi connectivity index (χ1) is 20.8. The quantitative estimate of drug-likeness (QED) is 0.238. The van der Waals surface area contributed by atoms with E-state index in [9.17, 15) is 24.0 Å². The van der Waals surface area contributed by atoms with Crippen LogP contribution in [0.2, 0.25) is 0 Å². The molecule has 11 nitrogen and oxygen atoms in total. The fourth-order valence-electron chi connectivity index (χ4n) is 5.16. The predicted molar refractivity (Wildman–Crippen MR) is 171 cm³/mol. The number of hydrogen-bond donors (Lipinski definition) is 6. The molecule has 240 valence electrons. The van der Waals surface area contributed by atoms with Gasteiger partial charge in [-0.3, -0.25) is 19.2 Å². The third kappa shape index (κ3) is 9.96. The standard InChI is InChI=1S/C33H48N6O5/c1-19(2)25-15-16-27(40)34-17-8-7-12-26(30(41)36-25)37-32(43)29(21(5)6)39-33(44)38-28(20(3)4)31(42)35-24-14-13-22-10-9-11-23(22)18-24/h7,12-16,18-21,25-26,28-29H,8-11,17H2,1-6H3,(H,34,40)(H,35,42)(H,36,41)(H,37,43)(H2,38,39,44)/b12-7+,16-15+/t25-,26+,28-,29-/m1/s1. The number of nitrogens with one attached hydrogen (secondary N) is 6. The Labute approximate surface area is 260 Å². The minimum Gasteiger partial charge on any atom is -0.352 e. The molecule has 2 aliphatic rings. The summed E-state index contributed by atoms with van der Waals surface area (Å²) in [6.45, 7) is 11.4. The van der Waals surface area contributed by atoms with Crippen LogP contribution < -0.4 is 31.9 Å². The molecule has 0 unspecified atom stereocenters. The number of benzene rings is 1. The van der Waals surface area contributed by atoms with Crippen molar-refractivity contribution >= 4 is 35.3 Å². The van der Waals surface area contributed by atoms with Crippen LogP contribution >= 0.6 is 0 Å². The van der Waals surface area contributed by atoms with Gasteiger partial charge in [0.05, 0.1) is 0 Å². The van der Waals surface area contributed by atoms with Gasteiger partial charge < -0.3 is 31.9 Å². The van der Waals surface area contributed by atoms with E-state index in [4.69, 9.17) is 0 Å². The van der Waals surface area contributed by atoms with Crippen LogP contribution in [0.4, 0.5) is 10.5 Å². The zero-order chi connectivity index (χ0) is 32.4. The Morgan fingerprint density at radius 2 is 1.52 bits per heavy atom. The lowest BCUT2D eigenvalue weighted by atomic mass is 10.0. The van der Waals surface area contributed by atoms with Crippen LogP contribution in [0, 0.1) is 17.8 Å². The number of fused-ring (bicyclic) bond motifs is 1. The third-order valence-corrected chi connectivity index (χ3v) is 7.84. The second kappa shape index (κ2) is 16.1. The van der Waals surface area contributed by atoms with Gasteiger partial charge in [-0.05, 0) is 66.7 Å². The normalized spacial score (nSPS) is 21.6. The van der Waals surface area contributed by atoms with Crippen molar-refractivity contribution in [3.63, 3.8) is 0 Å². The van der Waals surface area contributed by atoms with Gasteiger partial charge in [0.25, 0.3) is 0 Å². The van der Waals surface area contributed by atoms with Crippen molar-refractivity contribution < 1.29 is 24.0 Å². The second-order valence-electron chi connectivity index (χ2n) is 12.5. The van der Waals surface area contributed by atoms with Crippen LogP contribution in [0.25, 0.3) is 0 Å². The predicted octanol–water partition coefficient (Wildman–Crippen LogP) is 2.72. The number of anilines is 1. The number of aryl methyl sites for hydroxylation is 2. The molecule has 1 aliphatic carbocycles. The molecule has 11 heteroatoms. The maximum Gasteiger partial charge on any atom is 0.316 e. The highest BCUT2D eigenvalue weighted by Crippen LogP contribution is 2.25. The maximum absolute atomic E-state index is 13.4. The molecule has 3 rings (SSSR count). The molecule has 0 aromatic heterocycles. The smallest absolute Gasteiger partial charge is 0.316 e. The van der Waals surface area contributed by atoms with Crippen LogP contribution in [0.3, 0.4) is 0 Å². The van der Waals surface area contributed by atoms with Gasteiger partial charge >= 0.3 is 6.03 Å². The first kappa shape index (κ1) is 34.3. The average molecular weight is 609 g/mol. The Bertz CT molecular complexity index is 1270. The molecule has 0 fully saturated rings. The van der Waals surface area contributed by atoms with E-state index in [0.717, 1.165) is 19.3 Å². The van der Waals surface area contributed by atoms with Crippen molar-refractivity contribution in [3.8, 4) is 0 Å². The van der Waals surface area contributed by atoms with E-state index in [0.29, 0.717) is 18.7 Å². The number of amides is 6.